The number of carbonyl (C=O) groups is 1. The zero-order valence-corrected chi connectivity index (χ0v) is 12.0. The summed E-state index contributed by atoms with van der Waals surface area (Å²) in [6.07, 6.45) is 2.62. The summed E-state index contributed by atoms with van der Waals surface area (Å²) in [6, 6.07) is 0. The summed E-state index contributed by atoms with van der Waals surface area (Å²) in [7, 11) is -3.58. The minimum Gasteiger partial charge on any atom is -0.480 e. The highest BCUT2D eigenvalue weighted by Crippen LogP contribution is 2.36. The molecule has 0 saturated carbocycles. The van der Waals surface area contributed by atoms with E-state index in [0.717, 1.165) is 12.8 Å². The van der Waals surface area contributed by atoms with Gasteiger partial charge in [0.25, 0.3) is 0 Å². The highest BCUT2D eigenvalue weighted by Gasteiger charge is 2.51. The van der Waals surface area contributed by atoms with Crippen LogP contribution in [-0.2, 0) is 19.6 Å². The van der Waals surface area contributed by atoms with Gasteiger partial charge in [0, 0.05) is 13.2 Å². The third kappa shape index (κ3) is 2.64. The molecule has 2 heterocycles. The fourth-order valence-electron chi connectivity index (χ4n) is 3.08. The van der Waals surface area contributed by atoms with E-state index in [9.17, 15) is 18.3 Å². The summed E-state index contributed by atoms with van der Waals surface area (Å²) in [6.45, 7) is 2.63. The van der Waals surface area contributed by atoms with Gasteiger partial charge in [-0.25, -0.2) is 8.42 Å². The molecule has 6 nitrogen and oxygen atoms in total. The summed E-state index contributed by atoms with van der Waals surface area (Å²) in [5.74, 6) is -1.13. The molecule has 0 spiro atoms. The van der Waals surface area contributed by atoms with E-state index in [1.165, 1.54) is 4.31 Å². The first kappa shape index (κ1) is 14.7. The van der Waals surface area contributed by atoms with E-state index in [0.29, 0.717) is 32.4 Å². The molecule has 2 rings (SSSR count). The molecule has 0 aliphatic carbocycles. The smallest absolute Gasteiger partial charge is 0.325 e. The number of carboxylic acid groups (broad SMARTS) is 1. The molecule has 1 N–H and O–H groups in total. The van der Waals surface area contributed by atoms with Gasteiger partial charge in [0.05, 0.1) is 11.9 Å². The monoisotopic (exact) mass is 291 g/mol. The molecule has 0 aromatic rings. The molecule has 2 unspecified atom stereocenters. The van der Waals surface area contributed by atoms with Gasteiger partial charge in [-0.1, -0.05) is 6.92 Å². The first-order valence-corrected chi connectivity index (χ1v) is 8.39. The Hall–Kier alpha value is -0.660. The van der Waals surface area contributed by atoms with Crippen LogP contribution in [0.3, 0.4) is 0 Å². The quantitative estimate of drug-likeness (QED) is 0.811. The Morgan fingerprint density at radius 2 is 2.21 bits per heavy atom. The maximum atomic E-state index is 12.5. The van der Waals surface area contributed by atoms with Crippen molar-refractivity contribution in [1.82, 2.24) is 4.31 Å². The number of nitrogens with zero attached hydrogens (tertiary/aromatic N) is 1. The minimum absolute atomic E-state index is 0.0952. The van der Waals surface area contributed by atoms with Crippen LogP contribution in [0.4, 0.5) is 0 Å². The largest absolute Gasteiger partial charge is 0.480 e. The Bertz CT molecular complexity index is 443. The number of aliphatic carboxylic acids is 1. The number of carboxylic acids is 1. The zero-order valence-electron chi connectivity index (χ0n) is 11.2. The van der Waals surface area contributed by atoms with Crippen LogP contribution in [0.1, 0.15) is 39.0 Å². The summed E-state index contributed by atoms with van der Waals surface area (Å²) in [4.78, 5) is 11.5. The zero-order chi connectivity index (χ0) is 14.1. The highest BCUT2D eigenvalue weighted by atomic mass is 32.2. The molecule has 2 aliphatic rings. The van der Waals surface area contributed by atoms with Crippen LogP contribution >= 0.6 is 0 Å². The molecular weight excluding hydrogens is 270 g/mol. The Labute approximate surface area is 113 Å². The van der Waals surface area contributed by atoms with Crippen LogP contribution in [0.5, 0.6) is 0 Å². The van der Waals surface area contributed by atoms with Gasteiger partial charge >= 0.3 is 5.97 Å². The predicted molar refractivity (Wildman–Crippen MR) is 69.4 cm³/mol. The Morgan fingerprint density at radius 3 is 2.74 bits per heavy atom. The topological polar surface area (TPSA) is 83.9 Å². The number of hydrogen-bond donors (Lipinski definition) is 1. The molecule has 19 heavy (non-hydrogen) atoms. The lowest BCUT2D eigenvalue weighted by Gasteiger charge is -2.33. The molecule has 110 valence electrons. The van der Waals surface area contributed by atoms with E-state index < -0.39 is 21.5 Å². The summed E-state index contributed by atoms with van der Waals surface area (Å²) in [5, 5.41) is 9.42. The van der Waals surface area contributed by atoms with Crippen molar-refractivity contribution < 1.29 is 23.1 Å². The number of sulfonamides is 1. The minimum atomic E-state index is -3.58. The van der Waals surface area contributed by atoms with Gasteiger partial charge in [-0.05, 0) is 32.1 Å². The molecule has 7 heteroatoms. The van der Waals surface area contributed by atoms with Crippen molar-refractivity contribution in [1.29, 1.82) is 0 Å². The molecule has 2 fully saturated rings. The van der Waals surface area contributed by atoms with E-state index >= 15 is 0 Å². The van der Waals surface area contributed by atoms with Gasteiger partial charge in [0.15, 0.2) is 0 Å². The van der Waals surface area contributed by atoms with Crippen molar-refractivity contribution in [2.24, 2.45) is 0 Å². The summed E-state index contributed by atoms with van der Waals surface area (Å²) < 4.78 is 31.5. The lowest BCUT2D eigenvalue weighted by Crippen LogP contribution is -2.53. The maximum absolute atomic E-state index is 12.5. The Kier molecular flexibility index (Phi) is 4.17. The van der Waals surface area contributed by atoms with Crippen LogP contribution in [-0.4, -0.2) is 54.3 Å². The van der Waals surface area contributed by atoms with Gasteiger partial charge in [-0.3, -0.25) is 4.79 Å². The number of hydrogen-bond acceptors (Lipinski definition) is 4. The molecule has 0 aromatic heterocycles. The first-order chi connectivity index (χ1) is 8.92. The second-order valence-electron chi connectivity index (χ2n) is 5.28. The molecule has 2 aliphatic heterocycles. The molecule has 0 bridgehead atoms. The third-order valence-electron chi connectivity index (χ3n) is 4.17. The highest BCUT2D eigenvalue weighted by molar-refractivity contribution is 7.89. The van der Waals surface area contributed by atoms with E-state index in [-0.39, 0.29) is 11.9 Å². The Morgan fingerprint density at radius 1 is 1.47 bits per heavy atom. The van der Waals surface area contributed by atoms with E-state index in [4.69, 9.17) is 4.74 Å². The first-order valence-electron chi connectivity index (χ1n) is 6.78. The van der Waals surface area contributed by atoms with Gasteiger partial charge in [0.1, 0.15) is 5.54 Å². The fourth-order valence-corrected chi connectivity index (χ4v) is 5.23. The molecule has 2 atom stereocenters. The van der Waals surface area contributed by atoms with E-state index in [2.05, 4.69) is 0 Å². The van der Waals surface area contributed by atoms with Crippen LogP contribution < -0.4 is 0 Å². The Balaban J connectivity index is 2.20. The average Bonchev–Trinajstić information content (AvgIpc) is 2.96. The fraction of sp³-hybridized carbons (Fsp3) is 0.917. The lowest BCUT2D eigenvalue weighted by atomic mass is 9.95. The van der Waals surface area contributed by atoms with Crippen molar-refractivity contribution >= 4 is 16.0 Å². The van der Waals surface area contributed by atoms with Crippen molar-refractivity contribution in [3.63, 3.8) is 0 Å². The van der Waals surface area contributed by atoms with E-state index in [1.54, 1.807) is 6.92 Å². The van der Waals surface area contributed by atoms with Crippen LogP contribution in [0.2, 0.25) is 0 Å². The molecule has 0 radical (unpaired) electrons. The van der Waals surface area contributed by atoms with Crippen molar-refractivity contribution in [2.45, 2.75) is 50.7 Å². The standard InChI is InChI=1S/C12H21NO5S/c1-2-12(11(14)15)6-4-7-13(12)19(16,17)9-10-5-3-8-18-10/h10H,2-9H2,1H3,(H,14,15). The van der Waals surface area contributed by atoms with Crippen LogP contribution in [0, 0.1) is 0 Å². The second-order valence-corrected chi connectivity index (χ2v) is 7.22. The SMILES string of the molecule is CCC1(C(=O)O)CCCN1S(=O)(=O)CC1CCCO1. The van der Waals surface area contributed by atoms with Crippen molar-refractivity contribution in [3.8, 4) is 0 Å². The van der Waals surface area contributed by atoms with Crippen LogP contribution in [0.15, 0.2) is 0 Å². The van der Waals surface area contributed by atoms with Gasteiger partial charge < -0.3 is 9.84 Å². The lowest BCUT2D eigenvalue weighted by molar-refractivity contribution is -0.147. The van der Waals surface area contributed by atoms with Crippen LogP contribution in [0.25, 0.3) is 0 Å². The predicted octanol–water partition coefficient (Wildman–Crippen LogP) is 0.824. The molecule has 2 saturated heterocycles. The third-order valence-corrected chi connectivity index (χ3v) is 6.16. The normalized spacial score (nSPS) is 32.8. The average molecular weight is 291 g/mol. The van der Waals surface area contributed by atoms with Crippen molar-refractivity contribution in [3.05, 3.63) is 0 Å². The maximum Gasteiger partial charge on any atom is 0.325 e. The molecule has 0 amide bonds. The summed E-state index contributed by atoms with van der Waals surface area (Å²) in [5.41, 5.74) is -1.25. The number of rotatable bonds is 5. The second kappa shape index (κ2) is 5.38. The molecule has 0 aromatic carbocycles. The van der Waals surface area contributed by atoms with Crippen molar-refractivity contribution in [2.75, 3.05) is 18.9 Å². The van der Waals surface area contributed by atoms with E-state index in [1.807, 2.05) is 0 Å². The van der Waals surface area contributed by atoms with Gasteiger partial charge in [0.2, 0.25) is 10.0 Å². The summed E-state index contributed by atoms with van der Waals surface area (Å²) >= 11 is 0. The van der Waals surface area contributed by atoms with Gasteiger partial charge in [-0.15, -0.1) is 0 Å². The molecular formula is C12H21NO5S. The number of ether oxygens (including phenoxy) is 1. The van der Waals surface area contributed by atoms with Gasteiger partial charge in [-0.2, -0.15) is 4.31 Å².